The van der Waals surface area contributed by atoms with Crippen LogP contribution in [0.25, 0.3) is 0 Å². The van der Waals surface area contributed by atoms with Gasteiger partial charge in [-0.15, -0.1) is 0 Å². The molecule has 0 aliphatic rings. The van der Waals surface area contributed by atoms with Gasteiger partial charge in [-0.3, -0.25) is 4.68 Å². The molecule has 17 heavy (non-hydrogen) atoms. The molecule has 1 aromatic heterocycles. The maximum absolute atomic E-state index is 6.17. The van der Waals surface area contributed by atoms with Crippen molar-refractivity contribution < 1.29 is 4.74 Å². The second-order valence-corrected chi connectivity index (χ2v) is 4.13. The molecule has 0 aliphatic heterocycles. The number of nitrogens with zero attached hydrogens (tertiary/aromatic N) is 3. The minimum atomic E-state index is 0.696. The van der Waals surface area contributed by atoms with E-state index in [0.29, 0.717) is 6.61 Å². The summed E-state index contributed by atoms with van der Waals surface area (Å²) in [5.74, 6) is 1.01. The van der Waals surface area contributed by atoms with Crippen LogP contribution in [-0.2, 0) is 18.2 Å². The van der Waals surface area contributed by atoms with E-state index in [-0.39, 0.29) is 0 Å². The Kier molecular flexibility index (Phi) is 5.28. The standard InChI is InChI=1S/C12H24N4O/c1-5-7-10-11(13)12(15(3)14-10)16(6-2)8-9-17-4/h5-9,13H2,1-4H3. The first-order valence-corrected chi connectivity index (χ1v) is 6.20. The van der Waals surface area contributed by atoms with Gasteiger partial charge in [0, 0.05) is 27.2 Å². The van der Waals surface area contributed by atoms with E-state index < -0.39 is 0 Å². The zero-order valence-corrected chi connectivity index (χ0v) is 11.4. The van der Waals surface area contributed by atoms with E-state index in [2.05, 4.69) is 23.8 Å². The molecule has 0 spiro atoms. The van der Waals surface area contributed by atoms with Crippen LogP contribution in [0.2, 0.25) is 0 Å². The fourth-order valence-corrected chi connectivity index (χ4v) is 2.00. The van der Waals surface area contributed by atoms with Crippen molar-refractivity contribution in [3.63, 3.8) is 0 Å². The van der Waals surface area contributed by atoms with Gasteiger partial charge in [0.1, 0.15) is 5.82 Å². The first-order valence-electron chi connectivity index (χ1n) is 6.20. The van der Waals surface area contributed by atoms with Gasteiger partial charge in [0.05, 0.1) is 18.0 Å². The van der Waals surface area contributed by atoms with E-state index in [0.717, 1.165) is 43.1 Å². The summed E-state index contributed by atoms with van der Waals surface area (Å²) in [7, 11) is 3.66. The maximum atomic E-state index is 6.17. The number of rotatable bonds is 7. The van der Waals surface area contributed by atoms with Gasteiger partial charge in [-0.2, -0.15) is 5.10 Å². The van der Waals surface area contributed by atoms with Crippen LogP contribution >= 0.6 is 0 Å². The lowest BCUT2D eigenvalue weighted by molar-refractivity contribution is 0.205. The summed E-state index contributed by atoms with van der Waals surface area (Å²) in [6.07, 6.45) is 1.99. The molecule has 0 aromatic carbocycles. The predicted octanol–water partition coefficient (Wildman–Crippen LogP) is 1.43. The fraction of sp³-hybridized carbons (Fsp3) is 0.750. The van der Waals surface area contributed by atoms with Crippen molar-refractivity contribution in [2.24, 2.45) is 7.05 Å². The van der Waals surface area contributed by atoms with Crippen molar-refractivity contribution in [1.82, 2.24) is 9.78 Å². The molecule has 5 heteroatoms. The Labute approximate surface area is 104 Å². The third kappa shape index (κ3) is 3.12. The number of aryl methyl sites for hydroxylation is 2. The number of likely N-dealkylation sites (N-methyl/N-ethyl adjacent to an activating group) is 1. The van der Waals surface area contributed by atoms with Gasteiger partial charge < -0.3 is 15.4 Å². The summed E-state index contributed by atoms with van der Waals surface area (Å²) in [6, 6.07) is 0. The van der Waals surface area contributed by atoms with E-state index >= 15 is 0 Å². The second-order valence-electron chi connectivity index (χ2n) is 4.13. The average molecular weight is 240 g/mol. The summed E-state index contributed by atoms with van der Waals surface area (Å²) in [6.45, 7) is 6.68. The average Bonchev–Trinajstić information content (AvgIpc) is 2.58. The van der Waals surface area contributed by atoms with Crippen LogP contribution in [0, 0.1) is 0 Å². The maximum Gasteiger partial charge on any atom is 0.150 e. The van der Waals surface area contributed by atoms with Crippen LogP contribution in [0.3, 0.4) is 0 Å². The number of nitrogen functional groups attached to an aromatic ring is 1. The molecule has 98 valence electrons. The van der Waals surface area contributed by atoms with Gasteiger partial charge in [-0.05, 0) is 13.3 Å². The SMILES string of the molecule is CCCc1nn(C)c(N(CC)CCOC)c1N. The molecule has 1 rings (SSSR count). The molecule has 1 heterocycles. The van der Waals surface area contributed by atoms with Gasteiger partial charge in [0.2, 0.25) is 0 Å². The lowest BCUT2D eigenvalue weighted by atomic mass is 10.2. The van der Waals surface area contributed by atoms with Crippen LogP contribution in [0.5, 0.6) is 0 Å². The normalized spacial score (nSPS) is 10.8. The van der Waals surface area contributed by atoms with Crippen LogP contribution in [0.4, 0.5) is 11.5 Å². The Hall–Kier alpha value is -1.23. The largest absolute Gasteiger partial charge is 0.394 e. The van der Waals surface area contributed by atoms with Crippen molar-refractivity contribution in [1.29, 1.82) is 0 Å². The van der Waals surface area contributed by atoms with E-state index in [1.807, 2.05) is 11.7 Å². The number of hydrogen-bond donors (Lipinski definition) is 1. The molecule has 0 saturated heterocycles. The highest BCUT2D eigenvalue weighted by Crippen LogP contribution is 2.26. The second kappa shape index (κ2) is 6.49. The van der Waals surface area contributed by atoms with Gasteiger partial charge in [0.25, 0.3) is 0 Å². The highest BCUT2D eigenvalue weighted by molar-refractivity contribution is 5.66. The van der Waals surface area contributed by atoms with Crippen molar-refractivity contribution in [2.45, 2.75) is 26.7 Å². The number of nitrogens with two attached hydrogens (primary N) is 1. The van der Waals surface area contributed by atoms with Crippen molar-refractivity contribution in [3.8, 4) is 0 Å². The minimum absolute atomic E-state index is 0.696. The van der Waals surface area contributed by atoms with E-state index in [9.17, 15) is 0 Å². The summed E-state index contributed by atoms with van der Waals surface area (Å²) < 4.78 is 6.99. The Morgan fingerprint density at radius 1 is 1.41 bits per heavy atom. The Balaban J connectivity index is 2.93. The monoisotopic (exact) mass is 240 g/mol. The molecule has 0 unspecified atom stereocenters. The molecule has 5 nitrogen and oxygen atoms in total. The smallest absolute Gasteiger partial charge is 0.150 e. The molecule has 0 saturated carbocycles. The number of hydrogen-bond acceptors (Lipinski definition) is 4. The summed E-state index contributed by atoms with van der Waals surface area (Å²) in [4.78, 5) is 2.20. The number of ether oxygens (including phenoxy) is 1. The molecule has 0 radical (unpaired) electrons. The molecule has 2 N–H and O–H groups in total. The van der Waals surface area contributed by atoms with Crippen LogP contribution in [-0.4, -0.2) is 36.6 Å². The lowest BCUT2D eigenvalue weighted by Gasteiger charge is -2.23. The first kappa shape index (κ1) is 13.8. The Morgan fingerprint density at radius 2 is 2.12 bits per heavy atom. The molecule has 0 aliphatic carbocycles. The first-order chi connectivity index (χ1) is 8.15. The summed E-state index contributed by atoms with van der Waals surface area (Å²) in [5, 5.41) is 4.49. The minimum Gasteiger partial charge on any atom is -0.394 e. The van der Waals surface area contributed by atoms with Crippen molar-refractivity contribution in [3.05, 3.63) is 5.69 Å². The molecule has 0 atom stereocenters. The Morgan fingerprint density at radius 3 is 2.65 bits per heavy atom. The molecule has 0 bridgehead atoms. The van der Waals surface area contributed by atoms with E-state index in [4.69, 9.17) is 10.5 Å². The lowest BCUT2D eigenvalue weighted by Crippen LogP contribution is -2.29. The topological polar surface area (TPSA) is 56.3 Å². The Bertz CT molecular complexity index is 349. The number of aromatic nitrogens is 2. The van der Waals surface area contributed by atoms with E-state index in [1.54, 1.807) is 7.11 Å². The quantitative estimate of drug-likeness (QED) is 0.783. The number of methoxy groups -OCH3 is 1. The highest BCUT2D eigenvalue weighted by atomic mass is 16.5. The third-order valence-corrected chi connectivity index (χ3v) is 2.86. The predicted molar refractivity (Wildman–Crippen MR) is 71.4 cm³/mol. The van der Waals surface area contributed by atoms with Gasteiger partial charge in [-0.25, -0.2) is 0 Å². The van der Waals surface area contributed by atoms with E-state index in [1.165, 1.54) is 0 Å². The van der Waals surface area contributed by atoms with Crippen molar-refractivity contribution >= 4 is 11.5 Å². The van der Waals surface area contributed by atoms with Gasteiger partial charge in [-0.1, -0.05) is 13.3 Å². The van der Waals surface area contributed by atoms with Crippen molar-refractivity contribution in [2.75, 3.05) is 37.4 Å². The zero-order chi connectivity index (χ0) is 12.8. The van der Waals surface area contributed by atoms with Crippen LogP contribution in [0.15, 0.2) is 0 Å². The molecule has 0 amide bonds. The molecular weight excluding hydrogens is 216 g/mol. The molecule has 1 aromatic rings. The third-order valence-electron chi connectivity index (χ3n) is 2.86. The van der Waals surface area contributed by atoms with Crippen LogP contribution < -0.4 is 10.6 Å². The molecular formula is C12H24N4O. The van der Waals surface area contributed by atoms with Gasteiger partial charge in [0.15, 0.2) is 0 Å². The molecule has 0 fully saturated rings. The zero-order valence-electron chi connectivity index (χ0n) is 11.4. The van der Waals surface area contributed by atoms with Gasteiger partial charge >= 0.3 is 0 Å². The summed E-state index contributed by atoms with van der Waals surface area (Å²) >= 11 is 0. The highest BCUT2D eigenvalue weighted by Gasteiger charge is 2.17. The number of anilines is 2. The van der Waals surface area contributed by atoms with Crippen LogP contribution in [0.1, 0.15) is 26.0 Å². The fourth-order valence-electron chi connectivity index (χ4n) is 2.00. The summed E-state index contributed by atoms with van der Waals surface area (Å²) in [5.41, 5.74) is 7.99.